The lowest BCUT2D eigenvalue weighted by Crippen LogP contribution is -2.57. The largest absolute Gasteiger partial charge is 0.451 e. The van der Waals surface area contributed by atoms with Gasteiger partial charge in [0.25, 0.3) is 5.91 Å². The Bertz CT molecular complexity index is 637. The van der Waals surface area contributed by atoms with Gasteiger partial charge < -0.3 is 14.6 Å². The van der Waals surface area contributed by atoms with Crippen molar-refractivity contribution in [1.82, 2.24) is 10.2 Å². The zero-order valence-corrected chi connectivity index (χ0v) is 12.1. The molecule has 1 saturated heterocycles. The van der Waals surface area contributed by atoms with Crippen LogP contribution in [-0.2, 0) is 0 Å². The van der Waals surface area contributed by atoms with Gasteiger partial charge in [-0.2, -0.15) is 0 Å². The quantitative estimate of drug-likeness (QED) is 0.868. The Balaban J connectivity index is 1.95. The number of fused-ring (bicyclic) bond motifs is 1. The average Bonchev–Trinajstić information content (AvgIpc) is 2.81. The third-order valence-electron chi connectivity index (χ3n) is 3.95. The molecular formula is C16H20N2O2. The molecule has 2 atom stereocenters. The highest BCUT2D eigenvalue weighted by Crippen LogP contribution is 2.23. The number of piperazine rings is 1. The number of nitrogens with zero attached hydrogens (tertiary/aromatic N) is 1. The molecule has 1 N–H and O–H groups in total. The van der Waals surface area contributed by atoms with Crippen molar-refractivity contribution in [2.45, 2.75) is 32.9 Å². The van der Waals surface area contributed by atoms with Crippen molar-refractivity contribution in [3.63, 3.8) is 0 Å². The number of hydrogen-bond acceptors (Lipinski definition) is 3. The number of carbonyl (C=O) groups excluding carboxylic acids is 1. The molecule has 1 amide bonds. The Hall–Kier alpha value is -1.81. The fourth-order valence-electron chi connectivity index (χ4n) is 2.93. The predicted octanol–water partition coefficient (Wildman–Crippen LogP) is 2.56. The standard InChI is InChI=1S/C16H20N2O2/c1-10-4-5-14-13(6-10)7-15(20-14)16(19)18-11(2)8-17-9-12(18)3/h4-7,11-12,17H,8-9H2,1-3H3. The summed E-state index contributed by atoms with van der Waals surface area (Å²) in [5, 5.41) is 4.32. The Kier molecular flexibility index (Phi) is 3.26. The van der Waals surface area contributed by atoms with Crippen LogP contribution in [0.15, 0.2) is 28.7 Å². The highest BCUT2D eigenvalue weighted by atomic mass is 16.3. The molecule has 1 aliphatic rings. The van der Waals surface area contributed by atoms with Crippen LogP contribution in [0.2, 0.25) is 0 Å². The zero-order chi connectivity index (χ0) is 14.3. The van der Waals surface area contributed by atoms with Crippen LogP contribution < -0.4 is 5.32 Å². The summed E-state index contributed by atoms with van der Waals surface area (Å²) in [6.45, 7) is 7.82. The third kappa shape index (κ3) is 2.20. The molecule has 1 aromatic heterocycles. The van der Waals surface area contributed by atoms with Gasteiger partial charge in [0, 0.05) is 30.6 Å². The first kappa shape index (κ1) is 13.2. The second-order valence-electron chi connectivity index (χ2n) is 5.72. The molecule has 1 aliphatic heterocycles. The van der Waals surface area contributed by atoms with Crippen molar-refractivity contribution >= 4 is 16.9 Å². The Morgan fingerprint density at radius 2 is 1.95 bits per heavy atom. The molecule has 2 heterocycles. The van der Waals surface area contributed by atoms with Crippen LogP contribution in [0, 0.1) is 6.92 Å². The number of aryl methyl sites for hydroxylation is 1. The number of carbonyl (C=O) groups is 1. The van der Waals surface area contributed by atoms with Gasteiger partial charge in [-0.15, -0.1) is 0 Å². The van der Waals surface area contributed by atoms with Crippen LogP contribution in [-0.4, -0.2) is 36.0 Å². The van der Waals surface area contributed by atoms with E-state index >= 15 is 0 Å². The Morgan fingerprint density at radius 1 is 1.25 bits per heavy atom. The molecule has 1 fully saturated rings. The number of hydrogen-bond donors (Lipinski definition) is 1. The summed E-state index contributed by atoms with van der Waals surface area (Å²) in [4.78, 5) is 14.6. The number of amides is 1. The second-order valence-corrected chi connectivity index (χ2v) is 5.72. The van der Waals surface area contributed by atoms with E-state index in [1.165, 1.54) is 5.56 Å². The highest BCUT2D eigenvalue weighted by molar-refractivity contribution is 5.96. The Labute approximate surface area is 118 Å². The minimum Gasteiger partial charge on any atom is -0.451 e. The molecule has 0 aliphatic carbocycles. The lowest BCUT2D eigenvalue weighted by atomic mass is 10.1. The fraction of sp³-hybridized carbons (Fsp3) is 0.438. The summed E-state index contributed by atoms with van der Waals surface area (Å²) in [5.41, 5.74) is 1.94. The molecule has 0 spiro atoms. The van der Waals surface area contributed by atoms with E-state index in [2.05, 4.69) is 19.2 Å². The van der Waals surface area contributed by atoms with Gasteiger partial charge >= 0.3 is 0 Å². The van der Waals surface area contributed by atoms with Crippen LogP contribution in [0.5, 0.6) is 0 Å². The number of rotatable bonds is 1. The van der Waals surface area contributed by atoms with E-state index in [1.54, 1.807) is 0 Å². The first-order valence-corrected chi connectivity index (χ1v) is 7.10. The molecule has 1 aromatic carbocycles. The fourth-order valence-corrected chi connectivity index (χ4v) is 2.93. The summed E-state index contributed by atoms with van der Waals surface area (Å²) in [7, 11) is 0. The average molecular weight is 272 g/mol. The van der Waals surface area contributed by atoms with Crippen LogP contribution >= 0.6 is 0 Å². The van der Waals surface area contributed by atoms with E-state index in [0.29, 0.717) is 5.76 Å². The van der Waals surface area contributed by atoms with Gasteiger partial charge in [0.2, 0.25) is 0 Å². The maximum Gasteiger partial charge on any atom is 0.290 e. The van der Waals surface area contributed by atoms with Crippen molar-refractivity contribution in [3.8, 4) is 0 Å². The maximum atomic E-state index is 12.7. The topological polar surface area (TPSA) is 45.5 Å². The molecule has 106 valence electrons. The van der Waals surface area contributed by atoms with Crippen LogP contribution in [0.1, 0.15) is 30.0 Å². The number of nitrogens with one attached hydrogen (secondary N) is 1. The van der Waals surface area contributed by atoms with Gasteiger partial charge in [-0.1, -0.05) is 11.6 Å². The van der Waals surface area contributed by atoms with E-state index < -0.39 is 0 Å². The van der Waals surface area contributed by atoms with Crippen molar-refractivity contribution in [1.29, 1.82) is 0 Å². The Morgan fingerprint density at radius 3 is 2.65 bits per heavy atom. The number of benzene rings is 1. The van der Waals surface area contributed by atoms with Crippen LogP contribution in [0.4, 0.5) is 0 Å². The van der Waals surface area contributed by atoms with Crippen molar-refractivity contribution < 1.29 is 9.21 Å². The van der Waals surface area contributed by atoms with Crippen molar-refractivity contribution in [2.75, 3.05) is 13.1 Å². The lowest BCUT2D eigenvalue weighted by Gasteiger charge is -2.38. The normalized spacial score (nSPS) is 23.2. The molecule has 4 heteroatoms. The molecule has 0 radical (unpaired) electrons. The van der Waals surface area contributed by atoms with Gasteiger partial charge in [0.05, 0.1) is 0 Å². The van der Waals surface area contributed by atoms with Gasteiger partial charge in [0.1, 0.15) is 5.58 Å². The molecule has 4 nitrogen and oxygen atoms in total. The van der Waals surface area contributed by atoms with Gasteiger partial charge in [-0.3, -0.25) is 4.79 Å². The molecule has 0 saturated carbocycles. The van der Waals surface area contributed by atoms with E-state index in [1.807, 2.05) is 36.1 Å². The molecule has 2 unspecified atom stereocenters. The van der Waals surface area contributed by atoms with E-state index in [0.717, 1.165) is 24.1 Å². The lowest BCUT2D eigenvalue weighted by molar-refractivity contribution is 0.0514. The van der Waals surface area contributed by atoms with Gasteiger partial charge in [-0.25, -0.2) is 0 Å². The second kappa shape index (κ2) is 4.94. The zero-order valence-electron chi connectivity index (χ0n) is 12.1. The smallest absolute Gasteiger partial charge is 0.290 e. The summed E-state index contributed by atoms with van der Waals surface area (Å²) in [5.74, 6) is 0.423. The number of furan rings is 1. The highest BCUT2D eigenvalue weighted by Gasteiger charge is 2.31. The predicted molar refractivity (Wildman–Crippen MR) is 78.9 cm³/mol. The van der Waals surface area contributed by atoms with Gasteiger partial charge in [-0.05, 0) is 39.0 Å². The molecule has 0 bridgehead atoms. The first-order valence-electron chi connectivity index (χ1n) is 7.10. The summed E-state index contributed by atoms with van der Waals surface area (Å²) < 4.78 is 5.72. The summed E-state index contributed by atoms with van der Waals surface area (Å²) >= 11 is 0. The molecule has 3 rings (SSSR count). The van der Waals surface area contributed by atoms with Gasteiger partial charge in [0.15, 0.2) is 5.76 Å². The first-order chi connectivity index (χ1) is 9.56. The molecule has 2 aromatic rings. The van der Waals surface area contributed by atoms with Crippen molar-refractivity contribution in [2.24, 2.45) is 0 Å². The maximum absolute atomic E-state index is 12.7. The van der Waals surface area contributed by atoms with Crippen LogP contribution in [0.25, 0.3) is 11.0 Å². The monoisotopic (exact) mass is 272 g/mol. The van der Waals surface area contributed by atoms with E-state index in [4.69, 9.17) is 4.42 Å². The summed E-state index contributed by atoms with van der Waals surface area (Å²) in [6.07, 6.45) is 0. The SMILES string of the molecule is Cc1ccc2oc(C(=O)N3C(C)CNCC3C)cc2c1. The minimum absolute atomic E-state index is 0.0136. The summed E-state index contributed by atoms with van der Waals surface area (Å²) in [6, 6.07) is 8.18. The minimum atomic E-state index is -0.0136. The van der Waals surface area contributed by atoms with E-state index in [-0.39, 0.29) is 18.0 Å². The van der Waals surface area contributed by atoms with E-state index in [9.17, 15) is 4.79 Å². The van der Waals surface area contributed by atoms with Crippen LogP contribution in [0.3, 0.4) is 0 Å². The molecular weight excluding hydrogens is 252 g/mol. The van der Waals surface area contributed by atoms with Crippen molar-refractivity contribution in [3.05, 3.63) is 35.6 Å². The third-order valence-corrected chi connectivity index (χ3v) is 3.95. The molecule has 20 heavy (non-hydrogen) atoms.